The van der Waals surface area contributed by atoms with Crippen molar-refractivity contribution >= 4 is 17.8 Å². The van der Waals surface area contributed by atoms with Crippen LogP contribution in [0.4, 0.5) is 4.79 Å². The largest absolute Gasteiger partial charge is 0.350 e. The van der Waals surface area contributed by atoms with Crippen molar-refractivity contribution in [2.75, 3.05) is 26.2 Å². The zero-order valence-electron chi connectivity index (χ0n) is 14.7. The first-order valence-corrected chi connectivity index (χ1v) is 9.73. The summed E-state index contributed by atoms with van der Waals surface area (Å²) in [4.78, 5) is 39.3. The Bertz CT molecular complexity index is 541. The average Bonchev–Trinajstić information content (AvgIpc) is 3.31. The van der Waals surface area contributed by atoms with E-state index in [1.54, 1.807) is 0 Å². The number of urea groups is 1. The standard InChI is InChI=1S/C18H28N4O3/c23-16(11-22-17(24)8-19-18(22)25)20-15-10-21(9-14(15)12-6-7-12)13-4-2-1-3-5-13/h12-15H,1-11H2,(H,19,25)(H,20,23)/t14-,15+/m1/s1. The first-order valence-electron chi connectivity index (χ1n) is 9.73. The molecule has 2 aliphatic heterocycles. The highest BCUT2D eigenvalue weighted by Gasteiger charge is 2.45. The van der Waals surface area contributed by atoms with E-state index in [0.717, 1.165) is 23.9 Å². The van der Waals surface area contributed by atoms with Crippen LogP contribution in [0.25, 0.3) is 0 Å². The maximum absolute atomic E-state index is 12.4. The van der Waals surface area contributed by atoms with E-state index in [1.807, 2.05) is 0 Å². The van der Waals surface area contributed by atoms with Gasteiger partial charge in [-0.05, 0) is 37.5 Å². The second kappa shape index (κ2) is 6.94. The molecule has 0 aromatic carbocycles. The monoisotopic (exact) mass is 348 g/mol. The number of nitrogens with zero attached hydrogens (tertiary/aromatic N) is 2. The summed E-state index contributed by atoms with van der Waals surface area (Å²) in [5, 5.41) is 5.59. The van der Waals surface area contributed by atoms with Crippen LogP contribution in [-0.4, -0.2) is 65.9 Å². The van der Waals surface area contributed by atoms with Crippen LogP contribution in [0.2, 0.25) is 0 Å². The lowest BCUT2D eigenvalue weighted by Gasteiger charge is -2.31. The minimum Gasteiger partial charge on any atom is -0.350 e. The Morgan fingerprint density at radius 1 is 1.08 bits per heavy atom. The molecule has 25 heavy (non-hydrogen) atoms. The molecule has 4 fully saturated rings. The molecule has 4 aliphatic rings. The Hall–Kier alpha value is -1.63. The van der Waals surface area contributed by atoms with Gasteiger partial charge in [-0.25, -0.2) is 4.79 Å². The van der Waals surface area contributed by atoms with E-state index in [0.29, 0.717) is 12.0 Å². The Balaban J connectivity index is 1.35. The molecule has 0 radical (unpaired) electrons. The van der Waals surface area contributed by atoms with Gasteiger partial charge in [-0.2, -0.15) is 0 Å². The van der Waals surface area contributed by atoms with Crippen molar-refractivity contribution in [2.45, 2.75) is 57.0 Å². The molecule has 7 nitrogen and oxygen atoms in total. The Morgan fingerprint density at radius 3 is 2.48 bits per heavy atom. The van der Waals surface area contributed by atoms with Gasteiger partial charge >= 0.3 is 6.03 Å². The van der Waals surface area contributed by atoms with E-state index in [4.69, 9.17) is 0 Å². The molecule has 2 atom stereocenters. The topological polar surface area (TPSA) is 81.8 Å². The molecule has 138 valence electrons. The van der Waals surface area contributed by atoms with Gasteiger partial charge in [-0.15, -0.1) is 0 Å². The van der Waals surface area contributed by atoms with Crippen LogP contribution in [0.5, 0.6) is 0 Å². The third-order valence-corrected chi connectivity index (χ3v) is 6.30. The maximum Gasteiger partial charge on any atom is 0.325 e. The van der Waals surface area contributed by atoms with Crippen molar-refractivity contribution < 1.29 is 14.4 Å². The molecule has 4 rings (SSSR count). The van der Waals surface area contributed by atoms with Gasteiger partial charge in [0.2, 0.25) is 5.91 Å². The molecule has 0 spiro atoms. The van der Waals surface area contributed by atoms with Crippen molar-refractivity contribution in [3.63, 3.8) is 0 Å². The molecular weight excluding hydrogens is 320 g/mol. The Morgan fingerprint density at radius 2 is 1.84 bits per heavy atom. The zero-order chi connectivity index (χ0) is 17.4. The normalized spacial score (nSPS) is 31.4. The van der Waals surface area contributed by atoms with Crippen LogP contribution in [0, 0.1) is 11.8 Å². The lowest BCUT2D eigenvalue weighted by molar-refractivity contribution is -0.131. The highest BCUT2D eigenvalue weighted by atomic mass is 16.2. The Kier molecular flexibility index (Phi) is 4.67. The first-order chi connectivity index (χ1) is 12.1. The number of imide groups is 1. The van der Waals surface area contributed by atoms with Crippen LogP contribution in [0.15, 0.2) is 0 Å². The van der Waals surface area contributed by atoms with Gasteiger partial charge in [-0.1, -0.05) is 19.3 Å². The van der Waals surface area contributed by atoms with Gasteiger partial charge in [0.25, 0.3) is 5.91 Å². The fraction of sp³-hybridized carbons (Fsp3) is 0.833. The van der Waals surface area contributed by atoms with E-state index in [-0.39, 0.29) is 30.9 Å². The van der Waals surface area contributed by atoms with Crippen LogP contribution >= 0.6 is 0 Å². The third-order valence-electron chi connectivity index (χ3n) is 6.30. The summed E-state index contributed by atoms with van der Waals surface area (Å²) in [5.74, 6) is 0.713. The quantitative estimate of drug-likeness (QED) is 0.717. The molecule has 2 saturated heterocycles. The number of carbonyl (C=O) groups excluding carboxylic acids is 3. The molecule has 2 N–H and O–H groups in total. The molecule has 7 heteroatoms. The second-order valence-electron chi connectivity index (χ2n) is 8.06. The molecule has 2 saturated carbocycles. The highest BCUT2D eigenvalue weighted by Crippen LogP contribution is 2.42. The summed E-state index contributed by atoms with van der Waals surface area (Å²) >= 11 is 0. The molecule has 0 aromatic heterocycles. The van der Waals surface area contributed by atoms with Crippen LogP contribution in [0.3, 0.4) is 0 Å². The van der Waals surface area contributed by atoms with Crippen LogP contribution in [0.1, 0.15) is 44.9 Å². The first kappa shape index (κ1) is 16.8. The number of hydrogen-bond acceptors (Lipinski definition) is 4. The zero-order valence-corrected chi connectivity index (χ0v) is 14.7. The molecule has 2 heterocycles. The minimum absolute atomic E-state index is 0.00427. The van der Waals surface area contributed by atoms with E-state index >= 15 is 0 Å². The summed E-state index contributed by atoms with van der Waals surface area (Å²) in [5.41, 5.74) is 0. The molecule has 0 aromatic rings. The summed E-state index contributed by atoms with van der Waals surface area (Å²) in [7, 11) is 0. The minimum atomic E-state index is -0.464. The van der Waals surface area contributed by atoms with Gasteiger partial charge in [0.05, 0.1) is 6.54 Å². The van der Waals surface area contributed by atoms with E-state index in [2.05, 4.69) is 15.5 Å². The third kappa shape index (κ3) is 3.66. The number of likely N-dealkylation sites (tertiary alicyclic amines) is 1. The van der Waals surface area contributed by atoms with E-state index in [1.165, 1.54) is 44.9 Å². The number of nitrogens with one attached hydrogen (secondary N) is 2. The molecule has 0 bridgehead atoms. The number of rotatable bonds is 5. The number of amides is 4. The van der Waals surface area contributed by atoms with Gasteiger partial charge in [0, 0.05) is 25.2 Å². The second-order valence-corrected chi connectivity index (χ2v) is 8.06. The highest BCUT2D eigenvalue weighted by molar-refractivity contribution is 6.04. The van der Waals surface area contributed by atoms with E-state index in [9.17, 15) is 14.4 Å². The van der Waals surface area contributed by atoms with Gasteiger partial charge in [0.15, 0.2) is 0 Å². The van der Waals surface area contributed by atoms with Crippen LogP contribution < -0.4 is 10.6 Å². The summed E-state index contributed by atoms with van der Waals surface area (Å²) in [6.07, 6.45) is 9.07. The van der Waals surface area contributed by atoms with Crippen molar-refractivity contribution in [1.29, 1.82) is 0 Å². The number of carbonyl (C=O) groups is 3. The SMILES string of the molecule is O=C(CN1C(=O)CNC1=O)N[C@H]1CN(C2CCCCC2)C[C@@H]1C1CC1. The predicted molar refractivity (Wildman–Crippen MR) is 91.7 cm³/mol. The van der Waals surface area contributed by atoms with Crippen molar-refractivity contribution in [1.82, 2.24) is 20.4 Å². The van der Waals surface area contributed by atoms with Crippen molar-refractivity contribution in [3.05, 3.63) is 0 Å². The smallest absolute Gasteiger partial charge is 0.325 e. The molecule has 0 unspecified atom stereocenters. The molecular formula is C18H28N4O3. The van der Waals surface area contributed by atoms with Gasteiger partial charge in [-0.3, -0.25) is 19.4 Å². The fourth-order valence-electron chi connectivity index (χ4n) is 4.77. The molecule has 2 aliphatic carbocycles. The lowest BCUT2D eigenvalue weighted by atomic mass is 9.94. The van der Waals surface area contributed by atoms with Crippen molar-refractivity contribution in [3.8, 4) is 0 Å². The van der Waals surface area contributed by atoms with Gasteiger partial charge < -0.3 is 10.6 Å². The summed E-state index contributed by atoms with van der Waals surface area (Å²) < 4.78 is 0. The van der Waals surface area contributed by atoms with Crippen LogP contribution in [-0.2, 0) is 9.59 Å². The number of hydrogen-bond donors (Lipinski definition) is 2. The fourth-order valence-corrected chi connectivity index (χ4v) is 4.77. The lowest BCUT2D eigenvalue weighted by Crippen LogP contribution is -2.47. The predicted octanol–water partition coefficient (Wildman–Crippen LogP) is 0.698. The molecule has 4 amide bonds. The Labute approximate surface area is 148 Å². The average molecular weight is 348 g/mol. The van der Waals surface area contributed by atoms with Gasteiger partial charge in [0.1, 0.15) is 6.54 Å². The van der Waals surface area contributed by atoms with E-state index < -0.39 is 6.03 Å². The summed E-state index contributed by atoms with van der Waals surface area (Å²) in [6.45, 7) is 1.83. The maximum atomic E-state index is 12.4. The summed E-state index contributed by atoms with van der Waals surface area (Å²) in [6, 6.07) is 0.361. The van der Waals surface area contributed by atoms with Crippen molar-refractivity contribution in [2.24, 2.45) is 11.8 Å².